The lowest BCUT2D eigenvalue weighted by Gasteiger charge is -2.20. The molecule has 1 unspecified atom stereocenters. The van der Waals surface area contributed by atoms with Gasteiger partial charge in [-0.05, 0) is 37.2 Å². The van der Waals surface area contributed by atoms with Crippen molar-refractivity contribution in [3.05, 3.63) is 69.4 Å². The number of halogens is 2. The normalized spacial score (nSPS) is 12.4. The maximum atomic E-state index is 14.1. The van der Waals surface area contributed by atoms with E-state index in [1.807, 2.05) is 44.2 Å². The summed E-state index contributed by atoms with van der Waals surface area (Å²) in [6, 6.07) is 13.1. The third-order valence-corrected chi connectivity index (χ3v) is 3.60. The highest BCUT2D eigenvalue weighted by atomic mass is 79.9. The van der Waals surface area contributed by atoms with E-state index in [9.17, 15) is 4.39 Å². The molecule has 0 aliphatic carbocycles. The summed E-state index contributed by atoms with van der Waals surface area (Å²) in [5.74, 6) is -0.167. The van der Waals surface area contributed by atoms with Gasteiger partial charge in [-0.15, -0.1) is 0 Å². The van der Waals surface area contributed by atoms with Gasteiger partial charge in [-0.1, -0.05) is 52.7 Å². The first-order chi connectivity index (χ1) is 9.11. The Morgan fingerprint density at radius 2 is 1.84 bits per heavy atom. The molecule has 0 aliphatic heterocycles. The van der Waals surface area contributed by atoms with Crippen LogP contribution in [-0.2, 0) is 0 Å². The zero-order valence-corrected chi connectivity index (χ0v) is 12.7. The topological polar surface area (TPSA) is 12.0 Å². The van der Waals surface area contributed by atoms with Crippen molar-refractivity contribution >= 4 is 15.9 Å². The molecule has 0 radical (unpaired) electrons. The lowest BCUT2D eigenvalue weighted by molar-refractivity contribution is 0.558. The fourth-order valence-electron chi connectivity index (χ4n) is 2.15. The quantitative estimate of drug-likeness (QED) is 0.868. The van der Waals surface area contributed by atoms with Crippen molar-refractivity contribution in [1.82, 2.24) is 5.32 Å². The molecule has 0 fully saturated rings. The van der Waals surface area contributed by atoms with E-state index in [0.717, 1.165) is 22.1 Å². The smallest absolute Gasteiger partial charge is 0.128 e. The number of rotatable bonds is 4. The second kappa shape index (κ2) is 6.31. The van der Waals surface area contributed by atoms with Crippen molar-refractivity contribution in [3.63, 3.8) is 0 Å². The van der Waals surface area contributed by atoms with Gasteiger partial charge in [-0.2, -0.15) is 0 Å². The van der Waals surface area contributed by atoms with E-state index in [0.29, 0.717) is 5.56 Å². The van der Waals surface area contributed by atoms with Crippen molar-refractivity contribution in [2.75, 3.05) is 6.54 Å². The average Bonchev–Trinajstić information content (AvgIpc) is 2.40. The van der Waals surface area contributed by atoms with Crippen LogP contribution in [0.5, 0.6) is 0 Å². The predicted molar refractivity (Wildman–Crippen MR) is 80.8 cm³/mol. The van der Waals surface area contributed by atoms with Crippen LogP contribution in [0.3, 0.4) is 0 Å². The first kappa shape index (κ1) is 14.2. The Kier molecular flexibility index (Phi) is 4.72. The standard InChI is InChI=1S/C16H17BrFN/c1-3-19-16(12-5-7-13(17)8-6-12)14-10-11(2)4-9-15(14)18/h4-10,16,19H,3H2,1-2H3. The van der Waals surface area contributed by atoms with E-state index in [1.165, 1.54) is 6.07 Å². The minimum Gasteiger partial charge on any atom is -0.306 e. The molecule has 19 heavy (non-hydrogen) atoms. The third-order valence-electron chi connectivity index (χ3n) is 3.07. The van der Waals surface area contributed by atoms with Gasteiger partial charge < -0.3 is 5.32 Å². The van der Waals surface area contributed by atoms with Gasteiger partial charge in [-0.3, -0.25) is 0 Å². The van der Waals surface area contributed by atoms with Crippen LogP contribution in [0.1, 0.15) is 29.7 Å². The van der Waals surface area contributed by atoms with Gasteiger partial charge in [-0.25, -0.2) is 4.39 Å². The Morgan fingerprint density at radius 3 is 2.47 bits per heavy atom. The molecule has 0 spiro atoms. The van der Waals surface area contributed by atoms with Crippen LogP contribution in [0, 0.1) is 12.7 Å². The molecule has 0 aliphatic rings. The van der Waals surface area contributed by atoms with Gasteiger partial charge in [0, 0.05) is 10.0 Å². The number of aryl methyl sites for hydroxylation is 1. The Balaban J connectivity index is 2.44. The summed E-state index contributed by atoms with van der Waals surface area (Å²) >= 11 is 3.42. The lowest BCUT2D eigenvalue weighted by atomic mass is 9.97. The van der Waals surface area contributed by atoms with Crippen LogP contribution in [0.2, 0.25) is 0 Å². The molecule has 1 nitrogen and oxygen atoms in total. The van der Waals surface area contributed by atoms with Gasteiger partial charge >= 0.3 is 0 Å². The average molecular weight is 322 g/mol. The molecule has 0 saturated heterocycles. The Morgan fingerprint density at radius 1 is 1.16 bits per heavy atom. The van der Waals surface area contributed by atoms with Crippen LogP contribution in [0.4, 0.5) is 4.39 Å². The molecule has 1 N–H and O–H groups in total. The fourth-order valence-corrected chi connectivity index (χ4v) is 2.42. The summed E-state index contributed by atoms with van der Waals surface area (Å²) in [6.07, 6.45) is 0. The van der Waals surface area contributed by atoms with Crippen molar-refractivity contribution in [2.24, 2.45) is 0 Å². The second-order valence-corrected chi connectivity index (χ2v) is 5.48. The van der Waals surface area contributed by atoms with Gasteiger partial charge in [0.1, 0.15) is 5.82 Å². The predicted octanol–water partition coefficient (Wildman–Crippen LogP) is 4.60. The van der Waals surface area contributed by atoms with Crippen LogP contribution < -0.4 is 5.32 Å². The first-order valence-electron chi connectivity index (χ1n) is 6.36. The molecular weight excluding hydrogens is 305 g/mol. The minimum atomic E-state index is -0.167. The number of hydrogen-bond acceptors (Lipinski definition) is 1. The Hall–Kier alpha value is -1.19. The summed E-state index contributed by atoms with van der Waals surface area (Å²) in [7, 11) is 0. The maximum Gasteiger partial charge on any atom is 0.128 e. The van der Waals surface area contributed by atoms with Gasteiger partial charge in [0.2, 0.25) is 0 Å². The van der Waals surface area contributed by atoms with E-state index in [1.54, 1.807) is 6.07 Å². The lowest BCUT2D eigenvalue weighted by Crippen LogP contribution is -2.23. The zero-order chi connectivity index (χ0) is 13.8. The molecule has 0 saturated carbocycles. The number of hydrogen-bond donors (Lipinski definition) is 1. The highest BCUT2D eigenvalue weighted by Gasteiger charge is 2.16. The summed E-state index contributed by atoms with van der Waals surface area (Å²) in [5, 5.41) is 3.35. The summed E-state index contributed by atoms with van der Waals surface area (Å²) in [4.78, 5) is 0. The highest BCUT2D eigenvalue weighted by molar-refractivity contribution is 9.10. The molecule has 2 aromatic carbocycles. The van der Waals surface area contributed by atoms with Crippen molar-refractivity contribution in [1.29, 1.82) is 0 Å². The molecule has 2 rings (SSSR count). The highest BCUT2D eigenvalue weighted by Crippen LogP contribution is 2.26. The Bertz CT molecular complexity index is 551. The largest absolute Gasteiger partial charge is 0.306 e. The second-order valence-electron chi connectivity index (χ2n) is 4.57. The maximum absolute atomic E-state index is 14.1. The number of nitrogens with one attached hydrogen (secondary N) is 1. The number of benzene rings is 2. The molecular formula is C16H17BrFN. The van der Waals surface area contributed by atoms with Gasteiger partial charge in [0.05, 0.1) is 6.04 Å². The van der Waals surface area contributed by atoms with Gasteiger partial charge in [0.15, 0.2) is 0 Å². The van der Waals surface area contributed by atoms with E-state index < -0.39 is 0 Å². The van der Waals surface area contributed by atoms with Crippen LogP contribution in [0.25, 0.3) is 0 Å². The molecule has 0 aromatic heterocycles. The molecule has 0 bridgehead atoms. The van der Waals surface area contributed by atoms with Crippen molar-refractivity contribution in [3.8, 4) is 0 Å². The third kappa shape index (κ3) is 3.43. The first-order valence-corrected chi connectivity index (χ1v) is 7.16. The molecule has 0 heterocycles. The van der Waals surface area contributed by atoms with E-state index in [4.69, 9.17) is 0 Å². The van der Waals surface area contributed by atoms with E-state index >= 15 is 0 Å². The molecule has 3 heteroatoms. The molecule has 0 amide bonds. The van der Waals surface area contributed by atoms with Crippen LogP contribution >= 0.6 is 15.9 Å². The zero-order valence-electron chi connectivity index (χ0n) is 11.1. The SMILES string of the molecule is CCNC(c1ccc(Br)cc1)c1cc(C)ccc1F. The summed E-state index contributed by atoms with van der Waals surface area (Å²) < 4.78 is 15.1. The monoisotopic (exact) mass is 321 g/mol. The molecule has 2 aromatic rings. The van der Waals surface area contributed by atoms with E-state index in [-0.39, 0.29) is 11.9 Å². The minimum absolute atomic E-state index is 0.113. The Labute approximate surface area is 122 Å². The molecule has 1 atom stereocenters. The fraction of sp³-hybridized carbons (Fsp3) is 0.250. The molecule has 100 valence electrons. The summed E-state index contributed by atoms with van der Waals surface area (Å²) in [5.41, 5.74) is 2.83. The van der Waals surface area contributed by atoms with Crippen molar-refractivity contribution in [2.45, 2.75) is 19.9 Å². The van der Waals surface area contributed by atoms with E-state index in [2.05, 4.69) is 21.2 Å². The van der Waals surface area contributed by atoms with Crippen LogP contribution in [-0.4, -0.2) is 6.54 Å². The van der Waals surface area contributed by atoms with Crippen molar-refractivity contribution < 1.29 is 4.39 Å². The summed E-state index contributed by atoms with van der Waals surface area (Å²) in [6.45, 7) is 4.79. The van der Waals surface area contributed by atoms with Crippen LogP contribution in [0.15, 0.2) is 46.9 Å². The van der Waals surface area contributed by atoms with Gasteiger partial charge in [0.25, 0.3) is 0 Å².